The van der Waals surface area contributed by atoms with Crippen molar-refractivity contribution in [2.75, 3.05) is 18.4 Å². The highest BCUT2D eigenvalue weighted by Gasteiger charge is 2.22. The van der Waals surface area contributed by atoms with Crippen molar-refractivity contribution in [3.8, 4) is 0 Å². The van der Waals surface area contributed by atoms with Crippen molar-refractivity contribution in [3.05, 3.63) is 58.5 Å². The minimum absolute atomic E-state index is 0.00460. The van der Waals surface area contributed by atoms with Crippen molar-refractivity contribution < 1.29 is 13.2 Å². The molecule has 1 aromatic carbocycles. The average molecular weight is 434 g/mol. The molecule has 164 valence electrons. The number of amides is 1. The standard InChI is InChI=1S/C22H31N3O4S/c1-4-7-8-9-18-10-12-19(13-11-18)23-21(26)17-24-16-20(14-15-22(24)27)30(28,29)25(5-2)6-3/h10-16H,4-9,17H2,1-3H3,(H,23,26). The first-order chi connectivity index (χ1) is 14.3. The normalized spacial score (nSPS) is 11.6. The van der Waals surface area contributed by atoms with Crippen LogP contribution in [0.25, 0.3) is 0 Å². The number of aryl methyl sites for hydroxylation is 1. The van der Waals surface area contributed by atoms with Gasteiger partial charge >= 0.3 is 0 Å². The van der Waals surface area contributed by atoms with E-state index >= 15 is 0 Å². The Bertz CT molecular complexity index is 994. The van der Waals surface area contributed by atoms with E-state index in [-0.39, 0.29) is 11.4 Å². The van der Waals surface area contributed by atoms with Crippen LogP contribution in [0.15, 0.2) is 52.3 Å². The van der Waals surface area contributed by atoms with Crippen molar-refractivity contribution in [1.29, 1.82) is 0 Å². The van der Waals surface area contributed by atoms with Crippen LogP contribution in [0.2, 0.25) is 0 Å². The van der Waals surface area contributed by atoms with E-state index in [1.54, 1.807) is 13.8 Å². The van der Waals surface area contributed by atoms with E-state index in [2.05, 4.69) is 12.2 Å². The zero-order valence-corrected chi connectivity index (χ0v) is 18.7. The number of benzene rings is 1. The van der Waals surface area contributed by atoms with Gasteiger partial charge in [0, 0.05) is 31.0 Å². The Morgan fingerprint density at radius 3 is 2.27 bits per heavy atom. The van der Waals surface area contributed by atoms with Gasteiger partial charge in [0.2, 0.25) is 15.9 Å². The van der Waals surface area contributed by atoms with Gasteiger partial charge in [-0.05, 0) is 36.6 Å². The van der Waals surface area contributed by atoms with Crippen molar-refractivity contribution in [2.24, 2.45) is 0 Å². The summed E-state index contributed by atoms with van der Waals surface area (Å²) in [4.78, 5) is 24.5. The third-order valence-electron chi connectivity index (χ3n) is 4.92. The van der Waals surface area contributed by atoms with E-state index in [1.165, 1.54) is 41.0 Å². The number of anilines is 1. The molecule has 0 bridgehead atoms. The average Bonchev–Trinajstić information content (AvgIpc) is 2.71. The molecule has 0 aliphatic rings. The number of hydrogen-bond acceptors (Lipinski definition) is 4. The second-order valence-electron chi connectivity index (χ2n) is 7.12. The zero-order chi connectivity index (χ0) is 22.1. The van der Waals surface area contributed by atoms with Gasteiger partial charge in [0.05, 0.1) is 4.90 Å². The molecule has 7 nitrogen and oxygen atoms in total. The summed E-state index contributed by atoms with van der Waals surface area (Å²) >= 11 is 0. The summed E-state index contributed by atoms with van der Waals surface area (Å²) in [6.07, 6.45) is 5.73. The molecule has 0 saturated carbocycles. The maximum Gasteiger partial charge on any atom is 0.251 e. The molecule has 0 saturated heterocycles. The van der Waals surface area contributed by atoms with Gasteiger partial charge < -0.3 is 9.88 Å². The Labute approximate surface area is 178 Å². The third-order valence-corrected chi connectivity index (χ3v) is 6.95. The Hall–Kier alpha value is -2.45. The number of rotatable bonds is 11. The number of hydrogen-bond donors (Lipinski definition) is 1. The lowest BCUT2D eigenvalue weighted by Gasteiger charge is -2.19. The number of nitrogens with zero attached hydrogens (tertiary/aromatic N) is 2. The Morgan fingerprint density at radius 2 is 1.67 bits per heavy atom. The molecular formula is C22H31N3O4S. The zero-order valence-electron chi connectivity index (χ0n) is 17.9. The topological polar surface area (TPSA) is 88.5 Å². The number of unbranched alkanes of at least 4 members (excludes halogenated alkanes) is 2. The second kappa shape index (κ2) is 11.1. The van der Waals surface area contributed by atoms with Crippen LogP contribution in [0.5, 0.6) is 0 Å². The second-order valence-corrected chi connectivity index (χ2v) is 9.06. The first-order valence-electron chi connectivity index (χ1n) is 10.4. The molecule has 8 heteroatoms. The van der Waals surface area contributed by atoms with Crippen LogP contribution in [0.1, 0.15) is 45.6 Å². The molecule has 0 unspecified atom stereocenters. The Kier molecular flexibility index (Phi) is 8.80. The van der Waals surface area contributed by atoms with E-state index in [1.807, 2.05) is 24.3 Å². The van der Waals surface area contributed by atoms with Gasteiger partial charge in [-0.15, -0.1) is 0 Å². The van der Waals surface area contributed by atoms with Crippen molar-refractivity contribution in [2.45, 2.75) is 57.9 Å². The summed E-state index contributed by atoms with van der Waals surface area (Å²) in [6.45, 7) is 6.05. The van der Waals surface area contributed by atoms with E-state index in [4.69, 9.17) is 0 Å². The van der Waals surface area contributed by atoms with Crippen LogP contribution in [0, 0.1) is 0 Å². The number of pyridine rings is 1. The molecule has 0 atom stereocenters. The third kappa shape index (κ3) is 6.27. The Balaban J connectivity index is 2.09. The summed E-state index contributed by atoms with van der Waals surface area (Å²) in [6, 6.07) is 10.1. The largest absolute Gasteiger partial charge is 0.325 e. The smallest absolute Gasteiger partial charge is 0.251 e. The van der Waals surface area contributed by atoms with Gasteiger partial charge in [0.1, 0.15) is 6.54 Å². The van der Waals surface area contributed by atoms with Gasteiger partial charge in [-0.3, -0.25) is 9.59 Å². The highest BCUT2D eigenvalue weighted by atomic mass is 32.2. The van der Waals surface area contributed by atoms with Gasteiger partial charge in [-0.1, -0.05) is 45.7 Å². The molecular weight excluding hydrogens is 402 g/mol. The van der Waals surface area contributed by atoms with E-state index in [0.29, 0.717) is 18.8 Å². The number of nitrogens with one attached hydrogen (secondary N) is 1. The molecule has 0 spiro atoms. The van der Waals surface area contributed by atoms with Crippen molar-refractivity contribution >= 4 is 21.6 Å². The Morgan fingerprint density at radius 1 is 1.00 bits per heavy atom. The van der Waals surface area contributed by atoms with Crippen LogP contribution in [0.4, 0.5) is 5.69 Å². The minimum Gasteiger partial charge on any atom is -0.325 e. The molecule has 1 aromatic heterocycles. The fraction of sp³-hybridized carbons (Fsp3) is 0.455. The van der Waals surface area contributed by atoms with E-state index < -0.39 is 21.5 Å². The summed E-state index contributed by atoms with van der Waals surface area (Å²) < 4.78 is 27.8. The van der Waals surface area contributed by atoms with Crippen LogP contribution in [-0.4, -0.2) is 36.3 Å². The fourth-order valence-electron chi connectivity index (χ4n) is 3.19. The SMILES string of the molecule is CCCCCc1ccc(NC(=O)Cn2cc(S(=O)(=O)N(CC)CC)ccc2=O)cc1. The minimum atomic E-state index is -3.71. The lowest BCUT2D eigenvalue weighted by molar-refractivity contribution is -0.116. The molecule has 2 rings (SSSR count). The van der Waals surface area contributed by atoms with E-state index in [0.717, 1.165) is 17.4 Å². The molecule has 0 aliphatic heterocycles. The summed E-state index contributed by atoms with van der Waals surface area (Å²) in [5, 5.41) is 2.76. The maximum atomic E-state index is 12.7. The predicted octanol–water partition coefficient (Wildman–Crippen LogP) is 3.25. The molecule has 1 amide bonds. The number of sulfonamides is 1. The van der Waals surface area contributed by atoms with Crippen LogP contribution >= 0.6 is 0 Å². The first kappa shape index (κ1) is 23.8. The lowest BCUT2D eigenvalue weighted by Crippen LogP contribution is -2.33. The van der Waals surface area contributed by atoms with Gasteiger partial charge in [0.25, 0.3) is 5.56 Å². The maximum absolute atomic E-state index is 12.7. The van der Waals surface area contributed by atoms with Crippen LogP contribution in [0.3, 0.4) is 0 Å². The summed E-state index contributed by atoms with van der Waals surface area (Å²) in [5.74, 6) is -0.395. The fourth-order valence-corrected chi connectivity index (χ4v) is 4.67. The molecule has 2 aromatic rings. The molecule has 30 heavy (non-hydrogen) atoms. The van der Waals surface area contributed by atoms with Gasteiger partial charge in [0.15, 0.2) is 0 Å². The first-order valence-corrected chi connectivity index (χ1v) is 11.8. The molecule has 0 radical (unpaired) electrons. The van der Waals surface area contributed by atoms with Crippen molar-refractivity contribution in [1.82, 2.24) is 8.87 Å². The van der Waals surface area contributed by atoms with Crippen LogP contribution in [-0.2, 0) is 27.8 Å². The monoisotopic (exact) mass is 433 g/mol. The molecule has 0 fully saturated rings. The van der Waals surface area contributed by atoms with Crippen LogP contribution < -0.4 is 10.9 Å². The highest BCUT2D eigenvalue weighted by Crippen LogP contribution is 2.15. The summed E-state index contributed by atoms with van der Waals surface area (Å²) in [7, 11) is -3.71. The van der Waals surface area contributed by atoms with Gasteiger partial charge in [-0.25, -0.2) is 8.42 Å². The number of carbonyl (C=O) groups excluding carboxylic acids is 1. The predicted molar refractivity (Wildman–Crippen MR) is 119 cm³/mol. The van der Waals surface area contributed by atoms with Crippen molar-refractivity contribution in [3.63, 3.8) is 0 Å². The summed E-state index contributed by atoms with van der Waals surface area (Å²) in [5.41, 5.74) is 1.42. The lowest BCUT2D eigenvalue weighted by atomic mass is 10.1. The molecule has 0 aliphatic carbocycles. The number of carbonyl (C=O) groups is 1. The molecule has 1 N–H and O–H groups in total. The molecule has 1 heterocycles. The van der Waals surface area contributed by atoms with Gasteiger partial charge in [-0.2, -0.15) is 4.31 Å². The highest BCUT2D eigenvalue weighted by molar-refractivity contribution is 7.89. The van der Waals surface area contributed by atoms with E-state index in [9.17, 15) is 18.0 Å². The quantitative estimate of drug-likeness (QED) is 0.551. The number of aromatic nitrogens is 1.